The van der Waals surface area contributed by atoms with Crippen molar-refractivity contribution < 1.29 is 4.74 Å². The molecule has 0 saturated carbocycles. The minimum absolute atomic E-state index is 0. The molecule has 7 heteroatoms. The second-order valence-corrected chi connectivity index (χ2v) is 6.90. The number of nitrogens with one attached hydrogen (secondary N) is 1. The first-order valence-corrected chi connectivity index (χ1v) is 9.23. The van der Waals surface area contributed by atoms with Crippen LogP contribution >= 0.6 is 12.4 Å². The van der Waals surface area contributed by atoms with Gasteiger partial charge in [0.15, 0.2) is 0 Å². The van der Waals surface area contributed by atoms with E-state index >= 15 is 0 Å². The Morgan fingerprint density at radius 2 is 2.07 bits per heavy atom. The maximum atomic E-state index is 12.5. The average molecular weight is 401 g/mol. The zero-order valence-corrected chi connectivity index (χ0v) is 16.9. The number of methoxy groups -OCH3 is 1. The first-order valence-electron chi connectivity index (χ1n) is 9.23. The van der Waals surface area contributed by atoms with Crippen molar-refractivity contribution in [2.75, 3.05) is 26.7 Å². The van der Waals surface area contributed by atoms with Gasteiger partial charge in [0.25, 0.3) is 5.56 Å². The summed E-state index contributed by atoms with van der Waals surface area (Å²) in [4.78, 5) is 19.7. The SMILES string of the molecule is COc1ccccc1C1CNCCN1Cc1cc(=O)n2cccc(C)c2n1.Cl. The lowest BCUT2D eigenvalue weighted by Crippen LogP contribution is -2.45. The van der Waals surface area contributed by atoms with E-state index in [1.807, 2.05) is 37.3 Å². The number of aromatic nitrogens is 2. The molecule has 4 rings (SSSR count). The van der Waals surface area contributed by atoms with Gasteiger partial charge in [-0.3, -0.25) is 14.1 Å². The third-order valence-electron chi connectivity index (χ3n) is 5.16. The molecule has 1 aliphatic rings. The molecule has 0 radical (unpaired) electrons. The zero-order chi connectivity index (χ0) is 18.8. The summed E-state index contributed by atoms with van der Waals surface area (Å²) >= 11 is 0. The number of halogens is 1. The lowest BCUT2D eigenvalue weighted by atomic mass is 10.0. The molecule has 3 aromatic rings. The van der Waals surface area contributed by atoms with Crippen LogP contribution in [0.3, 0.4) is 0 Å². The number of piperazine rings is 1. The van der Waals surface area contributed by atoms with Gasteiger partial charge in [0, 0.05) is 44.0 Å². The van der Waals surface area contributed by atoms with Crippen molar-refractivity contribution in [3.05, 3.63) is 75.8 Å². The fourth-order valence-electron chi connectivity index (χ4n) is 3.78. The molecule has 1 saturated heterocycles. The Kier molecular flexibility index (Phi) is 6.34. The second-order valence-electron chi connectivity index (χ2n) is 6.90. The highest BCUT2D eigenvalue weighted by atomic mass is 35.5. The van der Waals surface area contributed by atoms with E-state index in [1.165, 1.54) is 0 Å². The van der Waals surface area contributed by atoms with Gasteiger partial charge in [-0.2, -0.15) is 0 Å². The number of para-hydroxylation sites is 1. The van der Waals surface area contributed by atoms with Crippen molar-refractivity contribution in [3.8, 4) is 5.75 Å². The Hall–Kier alpha value is -2.41. The topological polar surface area (TPSA) is 58.9 Å². The Morgan fingerprint density at radius 1 is 1.25 bits per heavy atom. The zero-order valence-electron chi connectivity index (χ0n) is 16.1. The number of ether oxygens (including phenoxy) is 1. The summed E-state index contributed by atoms with van der Waals surface area (Å²) < 4.78 is 7.17. The smallest absolute Gasteiger partial charge is 0.258 e. The Morgan fingerprint density at radius 3 is 2.89 bits per heavy atom. The number of hydrogen-bond donors (Lipinski definition) is 1. The van der Waals surface area contributed by atoms with Crippen LogP contribution in [-0.2, 0) is 6.54 Å². The summed E-state index contributed by atoms with van der Waals surface area (Å²) in [6.07, 6.45) is 1.77. The molecule has 1 fully saturated rings. The van der Waals surface area contributed by atoms with Crippen LogP contribution in [0, 0.1) is 6.92 Å². The lowest BCUT2D eigenvalue weighted by Gasteiger charge is -2.36. The molecule has 0 amide bonds. The lowest BCUT2D eigenvalue weighted by molar-refractivity contribution is 0.149. The first kappa shape index (κ1) is 20.3. The van der Waals surface area contributed by atoms with Gasteiger partial charge in [0.05, 0.1) is 18.8 Å². The van der Waals surface area contributed by atoms with E-state index in [-0.39, 0.29) is 24.0 Å². The number of benzene rings is 1. The highest BCUT2D eigenvalue weighted by Gasteiger charge is 2.26. The summed E-state index contributed by atoms with van der Waals surface area (Å²) in [5.74, 6) is 0.888. The molecule has 148 valence electrons. The standard InChI is InChI=1S/C21H24N4O2.ClH/c1-15-6-5-10-25-20(26)12-16(23-21(15)25)14-24-11-9-22-13-18(24)17-7-3-4-8-19(17)27-2;/h3-8,10,12,18,22H,9,11,13-14H2,1-2H3;1H. The Labute approximate surface area is 170 Å². The average Bonchev–Trinajstić information content (AvgIpc) is 2.69. The minimum Gasteiger partial charge on any atom is -0.496 e. The van der Waals surface area contributed by atoms with Crippen LogP contribution in [-0.4, -0.2) is 41.0 Å². The van der Waals surface area contributed by atoms with Crippen LogP contribution in [0.4, 0.5) is 0 Å². The monoisotopic (exact) mass is 400 g/mol. The Balaban J connectivity index is 0.00000225. The van der Waals surface area contributed by atoms with Gasteiger partial charge in [-0.1, -0.05) is 24.3 Å². The summed E-state index contributed by atoms with van der Waals surface area (Å²) in [7, 11) is 1.70. The molecule has 2 aromatic heterocycles. The Bertz CT molecular complexity index is 1020. The maximum absolute atomic E-state index is 12.5. The van der Waals surface area contributed by atoms with Crippen LogP contribution in [0.5, 0.6) is 5.75 Å². The van der Waals surface area contributed by atoms with Gasteiger partial charge in [-0.25, -0.2) is 4.98 Å². The van der Waals surface area contributed by atoms with Gasteiger partial charge >= 0.3 is 0 Å². The minimum atomic E-state index is -0.0392. The van der Waals surface area contributed by atoms with Gasteiger partial charge in [-0.05, 0) is 24.6 Å². The van der Waals surface area contributed by atoms with E-state index in [4.69, 9.17) is 9.72 Å². The molecule has 1 unspecified atom stereocenters. The molecule has 3 heterocycles. The predicted molar refractivity (Wildman–Crippen MR) is 112 cm³/mol. The molecular weight excluding hydrogens is 376 g/mol. The summed E-state index contributed by atoms with van der Waals surface area (Å²) in [5, 5.41) is 3.47. The van der Waals surface area contributed by atoms with Crippen LogP contribution in [0.2, 0.25) is 0 Å². The molecule has 1 atom stereocenters. The molecule has 1 aliphatic heterocycles. The molecule has 6 nitrogen and oxygen atoms in total. The fourth-order valence-corrected chi connectivity index (χ4v) is 3.78. The van der Waals surface area contributed by atoms with Gasteiger partial charge in [0.2, 0.25) is 0 Å². The van der Waals surface area contributed by atoms with Crippen molar-refractivity contribution in [2.24, 2.45) is 0 Å². The number of nitrogens with zero attached hydrogens (tertiary/aromatic N) is 3. The molecule has 28 heavy (non-hydrogen) atoms. The second kappa shape index (κ2) is 8.73. The van der Waals surface area contributed by atoms with Crippen molar-refractivity contribution in [1.82, 2.24) is 19.6 Å². The number of pyridine rings is 1. The van der Waals surface area contributed by atoms with Crippen LogP contribution < -0.4 is 15.6 Å². The first-order chi connectivity index (χ1) is 13.2. The molecule has 0 bridgehead atoms. The number of aryl methyl sites for hydroxylation is 1. The molecule has 0 spiro atoms. The maximum Gasteiger partial charge on any atom is 0.258 e. The highest BCUT2D eigenvalue weighted by molar-refractivity contribution is 5.85. The van der Waals surface area contributed by atoms with E-state index in [0.717, 1.165) is 47.9 Å². The fraction of sp³-hybridized carbons (Fsp3) is 0.333. The molecule has 1 aromatic carbocycles. The molecule has 1 N–H and O–H groups in total. The largest absolute Gasteiger partial charge is 0.496 e. The van der Waals surface area contributed by atoms with Crippen LogP contribution in [0.1, 0.15) is 22.9 Å². The predicted octanol–water partition coefficient (Wildman–Crippen LogP) is 2.58. The van der Waals surface area contributed by atoms with E-state index in [0.29, 0.717) is 6.54 Å². The quantitative estimate of drug-likeness (QED) is 0.729. The molecular formula is C21H25ClN4O2. The van der Waals surface area contributed by atoms with E-state index in [2.05, 4.69) is 16.3 Å². The third kappa shape index (κ3) is 3.90. The summed E-state index contributed by atoms with van der Waals surface area (Å²) in [6.45, 7) is 5.25. The van der Waals surface area contributed by atoms with Gasteiger partial charge < -0.3 is 10.1 Å². The third-order valence-corrected chi connectivity index (χ3v) is 5.16. The summed E-state index contributed by atoms with van der Waals surface area (Å²) in [6, 6.07) is 13.8. The van der Waals surface area contributed by atoms with E-state index < -0.39 is 0 Å². The van der Waals surface area contributed by atoms with Gasteiger partial charge in [-0.15, -0.1) is 12.4 Å². The summed E-state index contributed by atoms with van der Waals surface area (Å²) in [5.41, 5.74) is 3.64. The highest BCUT2D eigenvalue weighted by Crippen LogP contribution is 2.30. The number of hydrogen-bond acceptors (Lipinski definition) is 5. The van der Waals surface area contributed by atoms with E-state index in [9.17, 15) is 4.79 Å². The van der Waals surface area contributed by atoms with Crippen LogP contribution in [0.25, 0.3) is 5.65 Å². The number of rotatable bonds is 4. The van der Waals surface area contributed by atoms with E-state index in [1.54, 1.807) is 23.8 Å². The van der Waals surface area contributed by atoms with Gasteiger partial charge in [0.1, 0.15) is 11.4 Å². The van der Waals surface area contributed by atoms with Crippen LogP contribution in [0.15, 0.2) is 53.5 Å². The normalized spacial score (nSPS) is 17.3. The van der Waals surface area contributed by atoms with Crippen molar-refractivity contribution in [3.63, 3.8) is 0 Å². The van der Waals surface area contributed by atoms with Crippen molar-refractivity contribution in [2.45, 2.75) is 19.5 Å². The number of fused-ring (bicyclic) bond motifs is 1. The van der Waals surface area contributed by atoms with Crippen molar-refractivity contribution >= 4 is 18.1 Å². The van der Waals surface area contributed by atoms with Crippen molar-refractivity contribution in [1.29, 1.82) is 0 Å². The molecule has 0 aliphatic carbocycles.